The van der Waals surface area contributed by atoms with Crippen LogP contribution in [0.15, 0.2) is 36.5 Å². The molecule has 1 amide bonds. The maximum Gasteiger partial charge on any atom is 0.416 e. The van der Waals surface area contributed by atoms with Crippen molar-refractivity contribution in [1.82, 2.24) is 35.7 Å². The zero-order valence-electron chi connectivity index (χ0n) is 22.5. The van der Waals surface area contributed by atoms with Crippen LogP contribution in [0.2, 0.25) is 0 Å². The molecule has 0 aliphatic carbocycles. The van der Waals surface area contributed by atoms with Gasteiger partial charge in [0, 0.05) is 19.0 Å². The van der Waals surface area contributed by atoms with Gasteiger partial charge >= 0.3 is 12.4 Å². The van der Waals surface area contributed by atoms with Gasteiger partial charge in [-0.2, -0.15) is 36.7 Å². The van der Waals surface area contributed by atoms with Crippen LogP contribution in [0.3, 0.4) is 0 Å². The molecular formula is C26H29F6N7O2. The molecule has 0 spiro atoms. The van der Waals surface area contributed by atoms with Crippen molar-refractivity contribution in [3.05, 3.63) is 53.6 Å². The SMILES string of the molecule is CC(C)(C)n1ccc(C2=C(c3nn[nH]n3)C(=O)NC(c3ccc(OCCCCCC(F)(F)F)cc3)(C(F)(F)F)C2)n1. The van der Waals surface area contributed by atoms with Crippen LogP contribution in [0.1, 0.15) is 70.0 Å². The van der Waals surface area contributed by atoms with Gasteiger partial charge in [-0.3, -0.25) is 9.48 Å². The number of amides is 1. The molecule has 2 N–H and O–H groups in total. The van der Waals surface area contributed by atoms with E-state index in [2.05, 4.69) is 31.0 Å². The first-order chi connectivity index (χ1) is 19.1. The van der Waals surface area contributed by atoms with Gasteiger partial charge in [0.1, 0.15) is 5.75 Å². The summed E-state index contributed by atoms with van der Waals surface area (Å²) in [6, 6.07) is 6.61. The second-order valence-electron chi connectivity index (χ2n) is 10.7. The van der Waals surface area contributed by atoms with Crippen LogP contribution in [0.25, 0.3) is 11.1 Å². The quantitative estimate of drug-likeness (QED) is 0.252. The minimum absolute atomic E-state index is 0.00495. The smallest absolute Gasteiger partial charge is 0.416 e. The van der Waals surface area contributed by atoms with E-state index in [1.807, 2.05) is 20.8 Å². The first-order valence-electron chi connectivity index (χ1n) is 12.8. The van der Waals surface area contributed by atoms with Crippen molar-refractivity contribution in [3.63, 3.8) is 0 Å². The van der Waals surface area contributed by atoms with Crippen LogP contribution in [0.5, 0.6) is 5.75 Å². The third kappa shape index (κ3) is 6.70. The molecular weight excluding hydrogens is 556 g/mol. The molecule has 9 nitrogen and oxygen atoms in total. The highest BCUT2D eigenvalue weighted by Gasteiger charge is 2.60. The van der Waals surface area contributed by atoms with Gasteiger partial charge in [-0.05, 0) is 74.6 Å². The number of nitrogens with one attached hydrogen (secondary N) is 2. The van der Waals surface area contributed by atoms with E-state index in [0.29, 0.717) is 12.8 Å². The fourth-order valence-electron chi connectivity index (χ4n) is 4.51. The summed E-state index contributed by atoms with van der Waals surface area (Å²) in [5, 5.41) is 19.9. The Morgan fingerprint density at radius 2 is 1.71 bits per heavy atom. The third-order valence-corrected chi connectivity index (χ3v) is 6.66. The highest BCUT2D eigenvalue weighted by molar-refractivity contribution is 6.27. The fraction of sp³-hybridized carbons (Fsp3) is 0.500. The van der Waals surface area contributed by atoms with Gasteiger partial charge in [0.25, 0.3) is 5.91 Å². The zero-order chi connectivity index (χ0) is 30.1. The average molecular weight is 586 g/mol. The van der Waals surface area contributed by atoms with E-state index in [1.165, 1.54) is 30.3 Å². The summed E-state index contributed by atoms with van der Waals surface area (Å²) in [7, 11) is 0. The van der Waals surface area contributed by atoms with Crippen LogP contribution in [-0.4, -0.2) is 55.3 Å². The Labute approximate surface area is 231 Å². The molecule has 1 aliphatic rings. The number of aromatic nitrogens is 6. The van der Waals surface area contributed by atoms with Gasteiger partial charge in [0.05, 0.1) is 23.4 Å². The van der Waals surface area contributed by atoms with Gasteiger partial charge in [-0.15, -0.1) is 10.2 Å². The van der Waals surface area contributed by atoms with E-state index in [1.54, 1.807) is 10.9 Å². The highest BCUT2D eigenvalue weighted by Crippen LogP contribution is 2.49. The van der Waals surface area contributed by atoms with Crippen LogP contribution in [0.4, 0.5) is 26.3 Å². The fourth-order valence-corrected chi connectivity index (χ4v) is 4.51. The number of alkyl halides is 6. The molecule has 4 rings (SSSR count). The number of ether oxygens (including phenoxy) is 1. The molecule has 1 unspecified atom stereocenters. The molecule has 0 bridgehead atoms. The lowest BCUT2D eigenvalue weighted by atomic mass is 9.77. The molecule has 2 aromatic heterocycles. The van der Waals surface area contributed by atoms with E-state index in [9.17, 15) is 31.1 Å². The molecule has 1 aromatic carbocycles. The van der Waals surface area contributed by atoms with Crippen molar-refractivity contribution >= 4 is 17.1 Å². The number of hydrogen-bond acceptors (Lipinski definition) is 6. The van der Waals surface area contributed by atoms with Crippen LogP contribution < -0.4 is 10.1 Å². The standard InChI is InChI=1S/C26H29F6N7O2/c1-23(2,3)39-13-11-19(36-39)18-15-24(26(30,31)32,33-22(40)20(18)21-34-37-38-35-21)16-7-9-17(10-8-16)41-14-6-4-5-12-25(27,28)29/h7-11,13H,4-6,12,14-15H2,1-3H3,(H,33,40)(H,34,35,37,38). The van der Waals surface area contributed by atoms with E-state index in [0.717, 1.165) is 0 Å². The predicted octanol–water partition coefficient (Wildman–Crippen LogP) is 5.54. The maximum absolute atomic E-state index is 14.9. The number of aromatic amines is 1. The number of benzene rings is 1. The number of carbonyl (C=O) groups excluding carboxylic acids is 1. The van der Waals surface area contributed by atoms with Gasteiger partial charge in [-0.25, -0.2) is 0 Å². The molecule has 3 heterocycles. The number of tetrazole rings is 1. The van der Waals surface area contributed by atoms with Crippen molar-refractivity contribution in [1.29, 1.82) is 0 Å². The monoisotopic (exact) mass is 585 g/mol. The summed E-state index contributed by atoms with van der Waals surface area (Å²) in [5.74, 6) is -0.969. The summed E-state index contributed by atoms with van der Waals surface area (Å²) in [6.07, 6.45) is -8.49. The van der Waals surface area contributed by atoms with Crippen LogP contribution in [0, 0.1) is 0 Å². The second kappa shape index (κ2) is 11.2. The number of hydrogen-bond donors (Lipinski definition) is 2. The Bertz CT molecular complexity index is 1370. The lowest BCUT2D eigenvalue weighted by molar-refractivity contribution is -0.201. The molecule has 3 aromatic rings. The number of H-pyrrole nitrogens is 1. The van der Waals surface area contributed by atoms with E-state index in [-0.39, 0.29) is 47.0 Å². The van der Waals surface area contributed by atoms with E-state index < -0.39 is 42.2 Å². The summed E-state index contributed by atoms with van der Waals surface area (Å²) in [6.45, 7) is 5.73. The van der Waals surface area contributed by atoms with Gasteiger partial charge in [0.2, 0.25) is 5.82 Å². The lowest BCUT2D eigenvalue weighted by Gasteiger charge is -2.40. The largest absolute Gasteiger partial charge is 0.494 e. The van der Waals surface area contributed by atoms with E-state index in [4.69, 9.17) is 4.74 Å². The number of nitrogens with zero attached hydrogens (tertiary/aromatic N) is 5. The molecule has 1 atom stereocenters. The van der Waals surface area contributed by atoms with Gasteiger partial charge in [0.15, 0.2) is 5.54 Å². The number of carbonyl (C=O) groups is 1. The van der Waals surface area contributed by atoms with Crippen LogP contribution in [-0.2, 0) is 15.9 Å². The Hall–Kier alpha value is -3.91. The molecule has 0 radical (unpaired) electrons. The molecule has 0 saturated carbocycles. The summed E-state index contributed by atoms with van der Waals surface area (Å²) in [4.78, 5) is 13.4. The number of unbranched alkanes of at least 4 members (excludes halogenated alkanes) is 2. The van der Waals surface area contributed by atoms with Gasteiger partial charge < -0.3 is 10.1 Å². The predicted molar refractivity (Wildman–Crippen MR) is 135 cm³/mol. The molecule has 1 aliphatic heterocycles. The van der Waals surface area contributed by atoms with Crippen molar-refractivity contribution in [2.24, 2.45) is 0 Å². The Morgan fingerprint density at radius 3 is 2.27 bits per heavy atom. The average Bonchev–Trinajstić information content (AvgIpc) is 3.57. The molecule has 41 heavy (non-hydrogen) atoms. The Kier molecular flexibility index (Phi) is 8.18. The van der Waals surface area contributed by atoms with Crippen molar-refractivity contribution in [3.8, 4) is 5.75 Å². The van der Waals surface area contributed by atoms with Gasteiger partial charge in [-0.1, -0.05) is 12.1 Å². The Balaban J connectivity index is 1.63. The number of halogens is 6. The second-order valence-corrected chi connectivity index (χ2v) is 10.7. The maximum atomic E-state index is 14.9. The molecule has 15 heteroatoms. The lowest BCUT2D eigenvalue weighted by Crippen LogP contribution is -2.58. The van der Waals surface area contributed by atoms with Crippen molar-refractivity contribution in [2.45, 2.75) is 76.3 Å². The minimum atomic E-state index is -4.93. The van der Waals surface area contributed by atoms with E-state index >= 15 is 0 Å². The molecule has 0 fully saturated rings. The molecule has 222 valence electrons. The number of rotatable bonds is 9. The summed E-state index contributed by atoms with van der Waals surface area (Å²) < 4.78 is 88.6. The molecule has 0 saturated heterocycles. The third-order valence-electron chi connectivity index (χ3n) is 6.66. The highest BCUT2D eigenvalue weighted by atomic mass is 19.4. The first-order valence-corrected chi connectivity index (χ1v) is 12.8. The zero-order valence-corrected chi connectivity index (χ0v) is 22.5. The first kappa shape index (κ1) is 30.1. The summed E-state index contributed by atoms with van der Waals surface area (Å²) >= 11 is 0. The van der Waals surface area contributed by atoms with Crippen molar-refractivity contribution in [2.75, 3.05) is 6.61 Å². The summed E-state index contributed by atoms with van der Waals surface area (Å²) in [5.41, 5.74) is -3.55. The normalized spacial score (nSPS) is 18.5. The minimum Gasteiger partial charge on any atom is -0.494 e. The Morgan fingerprint density at radius 1 is 1.00 bits per heavy atom. The van der Waals surface area contributed by atoms with Crippen molar-refractivity contribution < 1.29 is 35.9 Å². The topological polar surface area (TPSA) is 111 Å². The van der Waals surface area contributed by atoms with Crippen LogP contribution >= 0.6 is 0 Å².